The van der Waals surface area contributed by atoms with Crippen LogP contribution in [0.25, 0.3) is 0 Å². The molecule has 1 fully saturated rings. The Labute approximate surface area is 121 Å². The van der Waals surface area contributed by atoms with Crippen molar-refractivity contribution in [3.8, 4) is 0 Å². The van der Waals surface area contributed by atoms with Crippen LogP contribution in [0.15, 0.2) is 12.1 Å². The van der Waals surface area contributed by atoms with Gasteiger partial charge in [-0.2, -0.15) is 0 Å². The first-order valence-electron chi connectivity index (χ1n) is 5.79. The number of rotatable bonds is 3. The lowest BCUT2D eigenvalue weighted by Crippen LogP contribution is -2.34. The molecule has 0 radical (unpaired) electrons. The molecule has 1 aliphatic heterocycles. The zero-order valence-electron chi connectivity index (χ0n) is 10.6. The molecule has 104 valence electrons. The van der Waals surface area contributed by atoms with Gasteiger partial charge in [-0.1, -0.05) is 23.2 Å². The van der Waals surface area contributed by atoms with Crippen molar-refractivity contribution in [2.45, 2.75) is 25.7 Å². The number of ether oxygens (including phenoxy) is 2. The standard InChI is InChI=1S/C12H14Cl2N2O3/c1-12(2)18-6-7(19-12)5-15-11(17)8-3-4-9(13)16-10(8)14/h3-4,7H,5-6H2,1-2H3,(H,15,17). The Kier molecular flexibility index (Phi) is 4.30. The number of carbonyl (C=O) groups excluding carboxylic acids is 1. The van der Waals surface area contributed by atoms with Crippen LogP contribution in [0.1, 0.15) is 24.2 Å². The van der Waals surface area contributed by atoms with Crippen molar-refractivity contribution in [2.24, 2.45) is 0 Å². The highest BCUT2D eigenvalue weighted by Crippen LogP contribution is 2.22. The summed E-state index contributed by atoms with van der Waals surface area (Å²) in [5.74, 6) is -0.919. The molecule has 1 aromatic rings. The Morgan fingerprint density at radius 3 is 2.84 bits per heavy atom. The zero-order valence-corrected chi connectivity index (χ0v) is 12.1. The maximum absolute atomic E-state index is 11.9. The van der Waals surface area contributed by atoms with Crippen molar-refractivity contribution in [2.75, 3.05) is 13.2 Å². The fraction of sp³-hybridized carbons (Fsp3) is 0.500. The molecule has 0 bridgehead atoms. The van der Waals surface area contributed by atoms with Crippen LogP contribution in [0.5, 0.6) is 0 Å². The first-order valence-corrected chi connectivity index (χ1v) is 6.55. The summed E-state index contributed by atoms with van der Waals surface area (Å²) in [6.45, 7) is 4.45. The highest BCUT2D eigenvalue weighted by Gasteiger charge is 2.32. The Morgan fingerprint density at radius 2 is 2.26 bits per heavy atom. The number of carbonyl (C=O) groups is 1. The lowest BCUT2D eigenvalue weighted by Gasteiger charge is -2.17. The largest absolute Gasteiger partial charge is 0.349 e. The second-order valence-electron chi connectivity index (χ2n) is 4.63. The number of halogens is 2. The van der Waals surface area contributed by atoms with Crippen molar-refractivity contribution in [3.05, 3.63) is 28.0 Å². The molecular weight excluding hydrogens is 291 g/mol. The van der Waals surface area contributed by atoms with Crippen LogP contribution in [-0.4, -0.2) is 35.9 Å². The van der Waals surface area contributed by atoms with E-state index in [-0.39, 0.29) is 27.9 Å². The third kappa shape index (κ3) is 3.79. The van der Waals surface area contributed by atoms with E-state index in [1.54, 1.807) is 0 Å². The van der Waals surface area contributed by atoms with Crippen molar-refractivity contribution in [3.63, 3.8) is 0 Å². The zero-order chi connectivity index (χ0) is 14.0. The molecule has 1 atom stereocenters. The minimum absolute atomic E-state index is 0.0777. The van der Waals surface area contributed by atoms with Gasteiger partial charge in [0.15, 0.2) is 5.79 Å². The van der Waals surface area contributed by atoms with E-state index in [2.05, 4.69) is 10.3 Å². The van der Waals surface area contributed by atoms with Gasteiger partial charge >= 0.3 is 0 Å². The minimum Gasteiger partial charge on any atom is -0.349 e. The van der Waals surface area contributed by atoms with E-state index >= 15 is 0 Å². The molecule has 2 rings (SSSR count). The Hall–Kier alpha value is -0.880. The first-order chi connectivity index (χ1) is 8.87. The Morgan fingerprint density at radius 1 is 1.53 bits per heavy atom. The van der Waals surface area contributed by atoms with Crippen LogP contribution >= 0.6 is 23.2 Å². The molecule has 0 aliphatic carbocycles. The highest BCUT2D eigenvalue weighted by atomic mass is 35.5. The second-order valence-corrected chi connectivity index (χ2v) is 5.38. The van der Waals surface area contributed by atoms with Gasteiger partial charge in [-0.3, -0.25) is 4.79 Å². The average molecular weight is 305 g/mol. The number of hydrogen-bond donors (Lipinski definition) is 1. The maximum Gasteiger partial charge on any atom is 0.254 e. The number of nitrogens with one attached hydrogen (secondary N) is 1. The Bertz CT molecular complexity index is 494. The topological polar surface area (TPSA) is 60.5 Å². The molecule has 7 heteroatoms. The number of amides is 1. The van der Waals surface area contributed by atoms with E-state index in [0.717, 1.165) is 0 Å². The van der Waals surface area contributed by atoms with Gasteiger partial charge in [-0.15, -0.1) is 0 Å². The molecule has 0 spiro atoms. The van der Waals surface area contributed by atoms with Crippen LogP contribution in [0.4, 0.5) is 0 Å². The summed E-state index contributed by atoms with van der Waals surface area (Å²) in [6, 6.07) is 3.05. The van der Waals surface area contributed by atoms with Gasteiger partial charge in [0, 0.05) is 6.54 Å². The second kappa shape index (κ2) is 5.63. The van der Waals surface area contributed by atoms with Crippen LogP contribution < -0.4 is 5.32 Å². The summed E-state index contributed by atoms with van der Waals surface area (Å²) < 4.78 is 11.0. The summed E-state index contributed by atoms with van der Waals surface area (Å²) in [6.07, 6.45) is -0.169. The summed E-state index contributed by atoms with van der Waals surface area (Å²) in [5.41, 5.74) is 0.282. The Balaban J connectivity index is 1.91. The quantitative estimate of drug-likeness (QED) is 0.870. The van der Waals surface area contributed by atoms with Crippen molar-refractivity contribution in [1.82, 2.24) is 10.3 Å². The smallest absolute Gasteiger partial charge is 0.254 e. The SMILES string of the molecule is CC1(C)OCC(CNC(=O)c2ccc(Cl)nc2Cl)O1. The van der Waals surface area contributed by atoms with E-state index in [4.69, 9.17) is 32.7 Å². The lowest BCUT2D eigenvalue weighted by molar-refractivity contribution is -0.137. The van der Waals surface area contributed by atoms with Gasteiger partial charge in [0.25, 0.3) is 5.91 Å². The molecule has 1 amide bonds. The predicted octanol–water partition coefficient (Wildman–Crippen LogP) is 2.27. The van der Waals surface area contributed by atoms with Crippen molar-refractivity contribution >= 4 is 29.1 Å². The number of aromatic nitrogens is 1. The molecule has 19 heavy (non-hydrogen) atoms. The number of nitrogens with zero attached hydrogens (tertiary/aromatic N) is 1. The first kappa shape index (κ1) is 14.5. The molecule has 1 saturated heterocycles. The third-order valence-corrected chi connectivity index (χ3v) is 3.12. The molecule has 1 unspecified atom stereocenters. The van der Waals surface area contributed by atoms with Crippen LogP contribution in [0, 0.1) is 0 Å². The van der Waals surface area contributed by atoms with E-state index in [0.29, 0.717) is 13.2 Å². The summed E-state index contributed by atoms with van der Waals surface area (Å²) in [5, 5.41) is 3.05. The van der Waals surface area contributed by atoms with Gasteiger partial charge in [-0.05, 0) is 26.0 Å². The molecule has 1 N–H and O–H groups in total. The molecule has 0 saturated carbocycles. The molecule has 1 aliphatic rings. The molecule has 1 aromatic heterocycles. The van der Waals surface area contributed by atoms with Gasteiger partial charge in [-0.25, -0.2) is 4.98 Å². The van der Waals surface area contributed by atoms with Gasteiger partial charge in [0.1, 0.15) is 16.4 Å². The highest BCUT2D eigenvalue weighted by molar-refractivity contribution is 6.34. The average Bonchev–Trinajstić information content (AvgIpc) is 2.66. The van der Waals surface area contributed by atoms with Crippen LogP contribution in [-0.2, 0) is 9.47 Å². The van der Waals surface area contributed by atoms with E-state index < -0.39 is 5.79 Å². The summed E-state index contributed by atoms with van der Waals surface area (Å²) in [4.78, 5) is 15.7. The lowest BCUT2D eigenvalue weighted by atomic mass is 10.2. The molecule has 0 aromatic carbocycles. The number of pyridine rings is 1. The minimum atomic E-state index is -0.602. The third-order valence-electron chi connectivity index (χ3n) is 2.62. The fourth-order valence-electron chi connectivity index (χ4n) is 1.75. The van der Waals surface area contributed by atoms with E-state index in [9.17, 15) is 4.79 Å². The number of hydrogen-bond acceptors (Lipinski definition) is 4. The van der Waals surface area contributed by atoms with Crippen molar-refractivity contribution in [1.29, 1.82) is 0 Å². The van der Waals surface area contributed by atoms with E-state index in [1.807, 2.05) is 13.8 Å². The van der Waals surface area contributed by atoms with Gasteiger partial charge in [0.05, 0.1) is 12.2 Å². The summed E-state index contributed by atoms with van der Waals surface area (Å²) >= 11 is 11.5. The summed E-state index contributed by atoms with van der Waals surface area (Å²) in [7, 11) is 0. The molecule has 2 heterocycles. The normalized spacial score (nSPS) is 21.4. The van der Waals surface area contributed by atoms with Crippen molar-refractivity contribution < 1.29 is 14.3 Å². The van der Waals surface area contributed by atoms with Crippen LogP contribution in [0.3, 0.4) is 0 Å². The fourth-order valence-corrected chi connectivity index (χ4v) is 2.18. The van der Waals surface area contributed by atoms with E-state index in [1.165, 1.54) is 12.1 Å². The van der Waals surface area contributed by atoms with Gasteiger partial charge in [0.2, 0.25) is 0 Å². The van der Waals surface area contributed by atoms with Gasteiger partial charge < -0.3 is 14.8 Å². The monoisotopic (exact) mass is 304 g/mol. The predicted molar refractivity (Wildman–Crippen MR) is 71.5 cm³/mol. The maximum atomic E-state index is 11.9. The van der Waals surface area contributed by atoms with Crippen LogP contribution in [0.2, 0.25) is 10.3 Å². The molecular formula is C12H14Cl2N2O3. The molecule has 5 nitrogen and oxygen atoms in total.